The first kappa shape index (κ1) is 13.9. The van der Waals surface area contributed by atoms with Crippen LogP contribution in [-0.4, -0.2) is 41.9 Å². The van der Waals surface area contributed by atoms with Gasteiger partial charge in [-0.1, -0.05) is 12.0 Å². The molecule has 0 saturated carbocycles. The summed E-state index contributed by atoms with van der Waals surface area (Å²) in [5.41, 5.74) is -0.197. The molecule has 2 N–H and O–H groups in total. The lowest BCUT2D eigenvalue weighted by atomic mass is 10.0. The molecule has 2 aliphatic heterocycles. The quantitative estimate of drug-likeness (QED) is 0.601. The molecule has 4 amide bonds. The van der Waals surface area contributed by atoms with Crippen molar-refractivity contribution in [1.82, 2.24) is 15.5 Å². The molecule has 1 aromatic rings. The van der Waals surface area contributed by atoms with Gasteiger partial charge in [0, 0.05) is 12.1 Å². The van der Waals surface area contributed by atoms with Crippen molar-refractivity contribution in [1.29, 1.82) is 0 Å². The molecule has 0 bridgehead atoms. The molecule has 22 heavy (non-hydrogen) atoms. The van der Waals surface area contributed by atoms with E-state index in [1.807, 2.05) is 0 Å². The fraction of sp³-hybridized carbons (Fsp3) is 0.267. The average Bonchev–Trinajstić information content (AvgIpc) is 2.96. The van der Waals surface area contributed by atoms with Crippen LogP contribution < -0.4 is 15.4 Å². The number of benzene rings is 1. The topological polar surface area (TPSA) is 87.7 Å². The number of fused-ring (bicyclic) bond motifs is 1. The van der Waals surface area contributed by atoms with Crippen LogP contribution in [-0.2, 0) is 11.3 Å². The molecule has 1 unspecified atom stereocenters. The highest BCUT2D eigenvalue weighted by atomic mass is 16.5. The molecule has 0 spiro atoms. The number of imide groups is 1. The van der Waals surface area contributed by atoms with E-state index in [1.54, 1.807) is 18.2 Å². The van der Waals surface area contributed by atoms with E-state index >= 15 is 0 Å². The first-order valence-corrected chi connectivity index (χ1v) is 6.56. The number of hydrogen-bond acceptors (Lipinski definition) is 4. The third-order valence-corrected chi connectivity index (χ3v) is 3.81. The van der Waals surface area contributed by atoms with Gasteiger partial charge in [0.15, 0.2) is 5.54 Å². The molecule has 0 aliphatic carbocycles. The molecule has 2 aliphatic rings. The summed E-state index contributed by atoms with van der Waals surface area (Å²) in [5.74, 6) is 1.99. The summed E-state index contributed by atoms with van der Waals surface area (Å²) in [4.78, 5) is 37.1. The Morgan fingerprint density at radius 1 is 1.41 bits per heavy atom. The summed E-state index contributed by atoms with van der Waals surface area (Å²) < 4.78 is 5.10. The summed E-state index contributed by atoms with van der Waals surface area (Å²) in [5, 5.41) is 4.51. The number of carbonyl (C=O) groups is 3. The molecule has 0 radical (unpaired) electrons. The molecule has 7 heteroatoms. The first-order chi connectivity index (χ1) is 10.5. The van der Waals surface area contributed by atoms with Crippen molar-refractivity contribution >= 4 is 17.8 Å². The Kier molecular flexibility index (Phi) is 3.03. The Hall–Kier alpha value is -3.01. The number of nitrogens with zero attached hydrogens (tertiary/aromatic N) is 1. The predicted molar refractivity (Wildman–Crippen MR) is 76.0 cm³/mol. The van der Waals surface area contributed by atoms with Crippen LogP contribution in [0.3, 0.4) is 0 Å². The summed E-state index contributed by atoms with van der Waals surface area (Å²) in [6.07, 6.45) is 5.41. The van der Waals surface area contributed by atoms with E-state index in [2.05, 4.69) is 16.6 Å². The van der Waals surface area contributed by atoms with Gasteiger partial charge >= 0.3 is 6.03 Å². The normalized spacial score (nSPS) is 22.9. The first-order valence-electron chi connectivity index (χ1n) is 6.56. The Balaban J connectivity index is 1.87. The zero-order valence-electron chi connectivity index (χ0n) is 11.8. The Morgan fingerprint density at radius 2 is 2.18 bits per heavy atom. The minimum Gasteiger partial charge on any atom is -0.497 e. The van der Waals surface area contributed by atoms with E-state index in [9.17, 15) is 14.4 Å². The van der Waals surface area contributed by atoms with Crippen LogP contribution in [0.4, 0.5) is 4.79 Å². The summed E-state index contributed by atoms with van der Waals surface area (Å²) in [7, 11) is 1.52. The van der Waals surface area contributed by atoms with Gasteiger partial charge in [0.05, 0.1) is 13.7 Å². The molecule has 1 saturated heterocycles. The predicted octanol–water partition coefficient (Wildman–Crippen LogP) is -0.138. The number of urea groups is 1. The smallest absolute Gasteiger partial charge is 0.323 e. The van der Waals surface area contributed by atoms with E-state index < -0.39 is 17.5 Å². The van der Waals surface area contributed by atoms with Crippen molar-refractivity contribution in [2.24, 2.45) is 0 Å². The van der Waals surface area contributed by atoms with Crippen molar-refractivity contribution in [2.75, 3.05) is 13.7 Å². The fourth-order valence-corrected chi connectivity index (χ4v) is 2.63. The molecule has 3 rings (SSSR count). The van der Waals surface area contributed by atoms with E-state index in [-0.39, 0.29) is 12.5 Å². The van der Waals surface area contributed by atoms with Crippen molar-refractivity contribution in [3.63, 3.8) is 0 Å². The number of nitrogens with one attached hydrogen (secondary N) is 2. The molecule has 7 nitrogen and oxygen atoms in total. The molecule has 0 aromatic heterocycles. The standard InChI is InChI=1S/C15H13N3O4/c1-3-15(13(20)16-14(21)17-15)8-18-7-9-4-5-10(22-2)6-11(9)12(18)19/h1,4-6H,7-8H2,2H3,(H2,16,17,20,21). The number of methoxy groups -OCH3 is 1. The second-order valence-electron chi connectivity index (χ2n) is 5.14. The second kappa shape index (κ2) is 4.77. The Bertz CT molecular complexity index is 737. The van der Waals surface area contributed by atoms with Gasteiger partial charge in [-0.15, -0.1) is 6.42 Å². The largest absolute Gasteiger partial charge is 0.497 e. The lowest BCUT2D eigenvalue weighted by Crippen LogP contribution is -2.54. The number of amides is 4. The fourth-order valence-electron chi connectivity index (χ4n) is 2.63. The van der Waals surface area contributed by atoms with Crippen LogP contribution >= 0.6 is 0 Å². The van der Waals surface area contributed by atoms with Gasteiger partial charge in [-0.3, -0.25) is 14.9 Å². The maximum Gasteiger partial charge on any atom is 0.323 e. The number of terminal acetylenes is 1. The van der Waals surface area contributed by atoms with Gasteiger partial charge in [-0.25, -0.2) is 4.79 Å². The van der Waals surface area contributed by atoms with Gasteiger partial charge in [0.2, 0.25) is 0 Å². The molecule has 112 valence electrons. The molecule has 1 atom stereocenters. The van der Waals surface area contributed by atoms with Crippen molar-refractivity contribution in [3.05, 3.63) is 29.3 Å². The summed E-state index contributed by atoms with van der Waals surface area (Å²) in [6, 6.07) is 4.54. The SMILES string of the molecule is C#CC1(CN2Cc3ccc(OC)cc3C2=O)NC(=O)NC1=O. The number of hydrogen-bond donors (Lipinski definition) is 2. The van der Waals surface area contributed by atoms with E-state index in [0.29, 0.717) is 17.9 Å². The van der Waals surface area contributed by atoms with Gasteiger partial charge in [0.25, 0.3) is 11.8 Å². The van der Waals surface area contributed by atoms with Crippen LogP contribution in [0, 0.1) is 12.3 Å². The lowest BCUT2D eigenvalue weighted by molar-refractivity contribution is -0.122. The van der Waals surface area contributed by atoms with Crippen LogP contribution in [0.25, 0.3) is 0 Å². The summed E-state index contributed by atoms with van der Waals surface area (Å²) >= 11 is 0. The molecular formula is C15H13N3O4. The molecule has 1 aromatic carbocycles. The Labute approximate surface area is 126 Å². The van der Waals surface area contributed by atoms with Crippen molar-refractivity contribution < 1.29 is 19.1 Å². The van der Waals surface area contributed by atoms with E-state index in [1.165, 1.54) is 12.0 Å². The van der Waals surface area contributed by atoms with Crippen molar-refractivity contribution in [3.8, 4) is 18.1 Å². The monoisotopic (exact) mass is 299 g/mol. The van der Waals surface area contributed by atoms with Gasteiger partial charge in [-0.05, 0) is 17.7 Å². The highest BCUT2D eigenvalue weighted by Crippen LogP contribution is 2.28. The van der Waals surface area contributed by atoms with Gasteiger partial charge in [-0.2, -0.15) is 0 Å². The minimum absolute atomic E-state index is 0.0864. The number of ether oxygens (including phenoxy) is 1. The maximum absolute atomic E-state index is 12.5. The highest BCUT2D eigenvalue weighted by molar-refractivity contribution is 6.10. The van der Waals surface area contributed by atoms with Gasteiger partial charge < -0.3 is 15.0 Å². The third kappa shape index (κ3) is 1.97. The number of rotatable bonds is 3. The van der Waals surface area contributed by atoms with Crippen LogP contribution in [0.5, 0.6) is 5.75 Å². The maximum atomic E-state index is 12.5. The minimum atomic E-state index is -1.53. The zero-order valence-corrected chi connectivity index (χ0v) is 11.8. The van der Waals surface area contributed by atoms with Gasteiger partial charge in [0.1, 0.15) is 5.75 Å². The zero-order chi connectivity index (χ0) is 15.9. The van der Waals surface area contributed by atoms with E-state index in [4.69, 9.17) is 11.2 Å². The van der Waals surface area contributed by atoms with Crippen LogP contribution in [0.1, 0.15) is 15.9 Å². The average molecular weight is 299 g/mol. The molecular weight excluding hydrogens is 286 g/mol. The molecule has 2 heterocycles. The van der Waals surface area contributed by atoms with Crippen LogP contribution in [0.2, 0.25) is 0 Å². The highest BCUT2D eigenvalue weighted by Gasteiger charge is 2.48. The lowest BCUT2D eigenvalue weighted by Gasteiger charge is -2.26. The second-order valence-corrected chi connectivity index (χ2v) is 5.14. The Morgan fingerprint density at radius 3 is 2.77 bits per heavy atom. The van der Waals surface area contributed by atoms with E-state index in [0.717, 1.165) is 5.56 Å². The van der Waals surface area contributed by atoms with Crippen molar-refractivity contribution in [2.45, 2.75) is 12.1 Å². The third-order valence-electron chi connectivity index (χ3n) is 3.81. The van der Waals surface area contributed by atoms with Crippen LogP contribution in [0.15, 0.2) is 18.2 Å². The molecule has 1 fully saturated rings. The summed E-state index contributed by atoms with van der Waals surface area (Å²) in [6.45, 7) is 0.238. The number of carbonyl (C=O) groups excluding carboxylic acids is 3.